The summed E-state index contributed by atoms with van der Waals surface area (Å²) < 4.78 is 0. The van der Waals surface area contributed by atoms with E-state index in [-0.39, 0.29) is 16.8 Å². The summed E-state index contributed by atoms with van der Waals surface area (Å²) in [6.45, 7) is 0. The van der Waals surface area contributed by atoms with Crippen LogP contribution in [0.3, 0.4) is 0 Å². The normalized spacial score (nSPS) is 21.4. The van der Waals surface area contributed by atoms with Crippen LogP contribution in [-0.2, 0) is 16.8 Å². The van der Waals surface area contributed by atoms with Crippen LogP contribution in [-0.4, -0.2) is 0 Å². The molecule has 237 valence electrons. The number of hydrogen-bond donors (Lipinski definition) is 0. The van der Waals surface area contributed by atoms with Crippen molar-refractivity contribution in [2.75, 3.05) is 0 Å². The minimum Gasteiger partial charge on any atom is -0.638 e. The Labute approximate surface area is 272 Å². The molecule has 1 heteroatoms. The number of fused-ring (bicyclic) bond motifs is 2. The van der Waals surface area contributed by atoms with Gasteiger partial charge in [0.1, 0.15) is 0 Å². The van der Waals surface area contributed by atoms with Gasteiger partial charge in [0, 0.05) is 16.8 Å². The fourth-order valence-corrected chi connectivity index (χ4v) is 9.62. The Balaban J connectivity index is 0.000000150. The standard InChI is InChI=1S/2C21H27.Co/c2*1-3-9-16(10-4-1)20-15-21(17-11-5-2-6-12-17)19-14-8-7-13-18(19)20;/h2*7-8,13-17H,1-6,9-12H2;/q-5;-1;. The van der Waals surface area contributed by atoms with E-state index in [9.17, 15) is 0 Å². The maximum atomic E-state index is 2.62. The molecule has 1 radical (unpaired) electrons. The van der Waals surface area contributed by atoms with Gasteiger partial charge in [-0.05, 0) is 24.7 Å². The molecule has 4 aliphatic carbocycles. The fourth-order valence-electron chi connectivity index (χ4n) is 9.62. The Kier molecular flexibility index (Phi) is 10.8. The average molecular weight is 618 g/mol. The zero-order valence-electron chi connectivity index (χ0n) is 26.6. The molecule has 4 aromatic carbocycles. The van der Waals surface area contributed by atoms with Crippen molar-refractivity contribution in [1.82, 2.24) is 0 Å². The molecule has 0 nitrogen and oxygen atoms in total. The van der Waals surface area contributed by atoms with Gasteiger partial charge >= 0.3 is 0 Å². The van der Waals surface area contributed by atoms with Crippen molar-refractivity contribution in [2.24, 2.45) is 0 Å². The zero-order valence-corrected chi connectivity index (χ0v) is 27.6. The maximum absolute atomic E-state index is 2.62. The van der Waals surface area contributed by atoms with Gasteiger partial charge in [-0.3, -0.25) is 0 Å². The van der Waals surface area contributed by atoms with Crippen molar-refractivity contribution >= 4 is 21.5 Å². The van der Waals surface area contributed by atoms with Crippen LogP contribution in [0.2, 0.25) is 0 Å². The van der Waals surface area contributed by atoms with Crippen LogP contribution >= 0.6 is 0 Å². The van der Waals surface area contributed by atoms with Gasteiger partial charge in [-0.15, -0.1) is 46.8 Å². The Morgan fingerprint density at radius 2 is 0.977 bits per heavy atom. The molecule has 4 fully saturated rings. The van der Waals surface area contributed by atoms with Gasteiger partial charge in [-0.25, -0.2) is 0 Å². The third kappa shape index (κ3) is 6.89. The van der Waals surface area contributed by atoms with Crippen LogP contribution < -0.4 is 0 Å². The van der Waals surface area contributed by atoms with Gasteiger partial charge in [-0.1, -0.05) is 121 Å². The summed E-state index contributed by atoms with van der Waals surface area (Å²) in [6.07, 6.45) is 28.6. The van der Waals surface area contributed by atoms with Gasteiger partial charge < -0.3 is 52.2 Å². The Morgan fingerprint density at radius 3 is 1.51 bits per heavy atom. The van der Waals surface area contributed by atoms with Gasteiger partial charge in [0.2, 0.25) is 0 Å². The van der Waals surface area contributed by atoms with E-state index in [1.54, 1.807) is 43.8 Å². The molecule has 0 atom stereocenters. The van der Waals surface area contributed by atoms with E-state index in [1.807, 2.05) is 0 Å². The fraction of sp³-hybridized carbons (Fsp3) is 0.571. The van der Waals surface area contributed by atoms with Gasteiger partial charge in [0.05, 0.1) is 0 Å². The number of hydrogen-bond acceptors (Lipinski definition) is 0. The minimum atomic E-state index is 0. The first-order valence-electron chi connectivity index (χ1n) is 18.2. The molecular formula is C42H54Co-6. The second kappa shape index (κ2) is 15.0. The van der Waals surface area contributed by atoms with Crippen molar-refractivity contribution in [3.05, 3.63) is 82.9 Å². The molecule has 0 aromatic heterocycles. The molecule has 0 N–H and O–H groups in total. The van der Waals surface area contributed by atoms with Crippen LogP contribution in [0.15, 0.2) is 60.7 Å². The van der Waals surface area contributed by atoms with E-state index >= 15 is 0 Å². The Bertz CT molecular complexity index is 1200. The molecule has 4 aromatic rings. The first-order valence-corrected chi connectivity index (χ1v) is 18.2. The molecule has 0 spiro atoms. The van der Waals surface area contributed by atoms with E-state index in [0.717, 1.165) is 23.7 Å². The van der Waals surface area contributed by atoms with Gasteiger partial charge in [0.15, 0.2) is 0 Å². The van der Waals surface area contributed by atoms with Gasteiger partial charge in [0.25, 0.3) is 0 Å². The molecule has 43 heavy (non-hydrogen) atoms. The molecule has 4 saturated carbocycles. The van der Waals surface area contributed by atoms with Crippen molar-refractivity contribution in [1.29, 1.82) is 0 Å². The largest absolute Gasteiger partial charge is 0.638 e. The Morgan fingerprint density at radius 1 is 0.512 bits per heavy atom. The van der Waals surface area contributed by atoms with Crippen LogP contribution in [0.5, 0.6) is 0 Å². The van der Waals surface area contributed by atoms with E-state index in [0.29, 0.717) is 0 Å². The third-order valence-electron chi connectivity index (χ3n) is 11.9. The average Bonchev–Trinajstić information content (AvgIpc) is 3.67. The van der Waals surface area contributed by atoms with E-state index < -0.39 is 0 Å². The third-order valence-corrected chi connectivity index (χ3v) is 11.9. The summed E-state index contributed by atoms with van der Waals surface area (Å²) in [7, 11) is 0. The molecule has 4 aliphatic rings. The second-order valence-corrected chi connectivity index (χ2v) is 14.5. The van der Waals surface area contributed by atoms with Crippen molar-refractivity contribution in [2.45, 2.75) is 152 Å². The summed E-state index contributed by atoms with van der Waals surface area (Å²) in [6, 6.07) is 23.7. The van der Waals surface area contributed by atoms with E-state index in [4.69, 9.17) is 0 Å². The summed E-state index contributed by atoms with van der Waals surface area (Å²) in [5.41, 5.74) is 6.74. The second-order valence-electron chi connectivity index (χ2n) is 14.5. The van der Waals surface area contributed by atoms with Crippen LogP contribution in [0.4, 0.5) is 0 Å². The summed E-state index contributed by atoms with van der Waals surface area (Å²) in [5.74, 6) is 3.34. The Hall–Kier alpha value is -1.83. The summed E-state index contributed by atoms with van der Waals surface area (Å²) in [5, 5.41) is 6.30. The number of rotatable bonds is 4. The summed E-state index contributed by atoms with van der Waals surface area (Å²) in [4.78, 5) is 0. The quantitative estimate of drug-likeness (QED) is 0.200. The first-order chi connectivity index (χ1) is 20.9. The van der Waals surface area contributed by atoms with Crippen LogP contribution in [0.1, 0.15) is 174 Å². The topological polar surface area (TPSA) is 0 Å². The number of benzene rings is 2. The van der Waals surface area contributed by atoms with Crippen molar-refractivity contribution in [3.8, 4) is 0 Å². The van der Waals surface area contributed by atoms with Gasteiger partial charge in [-0.2, -0.15) is 11.8 Å². The molecule has 0 unspecified atom stereocenters. The smallest absolute Gasteiger partial charge is 0 e. The molecule has 0 amide bonds. The van der Waals surface area contributed by atoms with E-state index in [1.165, 1.54) is 128 Å². The molecule has 0 saturated heterocycles. The monoisotopic (exact) mass is 617 g/mol. The minimum absolute atomic E-state index is 0. The maximum Gasteiger partial charge on any atom is 0 e. The molecule has 0 heterocycles. The predicted octanol–water partition coefficient (Wildman–Crippen LogP) is 13.3. The first kappa shape index (κ1) is 31.2. The molecular weight excluding hydrogens is 563 g/mol. The zero-order chi connectivity index (χ0) is 28.1. The van der Waals surface area contributed by atoms with Crippen molar-refractivity contribution < 1.29 is 16.8 Å². The SMILES string of the molecule is [Co].c1cc[c-]2[c-](C3CCCCC3)[cH-][c-](C3CCCCC3)[c-]2c1.c1cc[c-]2c(C3CCCCC3)cc(C3CCCCC3)c2c1. The molecule has 0 bridgehead atoms. The molecule has 8 rings (SSSR count). The van der Waals surface area contributed by atoms with Crippen LogP contribution in [0, 0.1) is 0 Å². The van der Waals surface area contributed by atoms with Crippen LogP contribution in [0.25, 0.3) is 21.5 Å². The van der Waals surface area contributed by atoms with Crippen molar-refractivity contribution in [3.63, 3.8) is 0 Å². The van der Waals surface area contributed by atoms with E-state index in [2.05, 4.69) is 60.7 Å². The predicted molar refractivity (Wildman–Crippen MR) is 182 cm³/mol. The summed E-state index contributed by atoms with van der Waals surface area (Å²) >= 11 is 0. The molecule has 0 aliphatic heterocycles.